The van der Waals surface area contributed by atoms with E-state index in [9.17, 15) is 9.59 Å². The van der Waals surface area contributed by atoms with Gasteiger partial charge in [0.25, 0.3) is 5.91 Å². The van der Waals surface area contributed by atoms with Crippen molar-refractivity contribution < 1.29 is 14.3 Å². The van der Waals surface area contributed by atoms with Gasteiger partial charge in [0.2, 0.25) is 5.91 Å². The minimum atomic E-state index is -0.0699. The number of hydrogen-bond donors (Lipinski definition) is 0. The van der Waals surface area contributed by atoms with Gasteiger partial charge >= 0.3 is 0 Å². The number of likely N-dealkylation sites (tertiary alicyclic amines) is 1. The van der Waals surface area contributed by atoms with Crippen LogP contribution in [-0.4, -0.2) is 62.8 Å². The lowest BCUT2D eigenvalue weighted by molar-refractivity contribution is -0.130. The van der Waals surface area contributed by atoms with Gasteiger partial charge in [-0.15, -0.1) is 0 Å². The fraction of sp³-hybridized carbons (Fsp3) is 0.435. The molecule has 3 fully saturated rings. The lowest BCUT2D eigenvalue weighted by atomic mass is 10.1. The topological polar surface area (TPSA) is 54.8 Å². The number of thiocarbonyl (C=S) groups is 1. The van der Waals surface area contributed by atoms with Crippen LogP contribution in [0.5, 0.6) is 0 Å². The molecule has 0 radical (unpaired) electrons. The van der Waals surface area contributed by atoms with E-state index in [4.69, 9.17) is 17.0 Å². The minimum absolute atomic E-state index is 0.0614. The van der Waals surface area contributed by atoms with E-state index in [2.05, 4.69) is 15.9 Å². The van der Waals surface area contributed by atoms with Crippen LogP contribution in [0.1, 0.15) is 31.2 Å². The van der Waals surface area contributed by atoms with E-state index in [1.54, 1.807) is 4.90 Å². The second kappa shape index (κ2) is 9.29. The third kappa shape index (κ3) is 4.40. The summed E-state index contributed by atoms with van der Waals surface area (Å²) < 4.78 is 9.21. The number of carbonyl (C=O) groups excluding carboxylic acids is 2. The van der Waals surface area contributed by atoms with Gasteiger partial charge < -0.3 is 14.2 Å². The van der Waals surface area contributed by atoms with Gasteiger partial charge in [0.1, 0.15) is 10.9 Å². The summed E-state index contributed by atoms with van der Waals surface area (Å²) in [6.07, 6.45) is 8.07. The molecule has 9 heteroatoms. The fourth-order valence-electron chi connectivity index (χ4n) is 4.55. The van der Waals surface area contributed by atoms with Crippen LogP contribution in [0.15, 0.2) is 33.8 Å². The molecule has 3 aliphatic heterocycles. The lowest BCUT2D eigenvalue weighted by Crippen LogP contribution is -2.35. The fourth-order valence-corrected chi connectivity index (χ4v) is 6.17. The molecule has 4 heterocycles. The van der Waals surface area contributed by atoms with Crippen molar-refractivity contribution in [2.45, 2.75) is 38.3 Å². The molecule has 5 rings (SSSR count). The average Bonchev–Trinajstić information content (AvgIpc) is 3.56. The van der Waals surface area contributed by atoms with Crippen molar-refractivity contribution in [1.29, 1.82) is 0 Å². The molecule has 0 unspecified atom stereocenters. The third-order valence-corrected chi connectivity index (χ3v) is 8.08. The maximum absolute atomic E-state index is 13.1. The Morgan fingerprint density at radius 2 is 2.09 bits per heavy atom. The van der Waals surface area contributed by atoms with Gasteiger partial charge in [-0.05, 0) is 50.0 Å². The second-order valence-electron chi connectivity index (χ2n) is 8.39. The molecule has 0 aliphatic carbocycles. The van der Waals surface area contributed by atoms with Gasteiger partial charge in [-0.3, -0.25) is 14.5 Å². The highest BCUT2D eigenvalue weighted by Gasteiger charge is 2.34. The largest absolute Gasteiger partial charge is 0.376 e. The number of ether oxygens (including phenoxy) is 1. The Labute approximate surface area is 205 Å². The first-order valence-corrected chi connectivity index (χ1v) is 12.9. The highest BCUT2D eigenvalue weighted by Crippen LogP contribution is 2.35. The molecule has 6 nitrogen and oxygen atoms in total. The molecule has 2 aromatic rings. The third-order valence-electron chi connectivity index (χ3n) is 6.21. The summed E-state index contributed by atoms with van der Waals surface area (Å²) in [6, 6.07) is 6.02. The maximum Gasteiger partial charge on any atom is 0.266 e. The maximum atomic E-state index is 13.1. The van der Waals surface area contributed by atoms with Gasteiger partial charge in [0.05, 0.1) is 17.6 Å². The number of thioether (sulfide) groups is 1. The Bertz CT molecular complexity index is 1120. The number of rotatable bonds is 5. The summed E-state index contributed by atoms with van der Waals surface area (Å²) in [4.78, 5) is 30.1. The predicted molar refractivity (Wildman–Crippen MR) is 134 cm³/mol. The highest BCUT2D eigenvalue weighted by molar-refractivity contribution is 9.10. The first-order valence-electron chi connectivity index (χ1n) is 10.9. The SMILES string of the molecule is O=C(Cn1cc(/C=C2\SC(=S)N(C[C@@H]3CCCO3)C2=O)c2cc(Br)ccc21)N1CCCC1. The lowest BCUT2D eigenvalue weighted by Gasteiger charge is -2.18. The van der Waals surface area contributed by atoms with Crippen LogP contribution in [0.25, 0.3) is 17.0 Å². The zero-order valence-corrected chi connectivity index (χ0v) is 20.8. The number of fused-ring (bicyclic) bond motifs is 1. The molecule has 168 valence electrons. The molecule has 1 aromatic heterocycles. The zero-order valence-electron chi connectivity index (χ0n) is 17.6. The average molecular weight is 535 g/mol. The molecule has 2 amide bonds. The van der Waals surface area contributed by atoms with Gasteiger partial charge in [-0.25, -0.2) is 0 Å². The van der Waals surface area contributed by atoms with E-state index >= 15 is 0 Å². The number of amides is 2. The summed E-state index contributed by atoms with van der Waals surface area (Å²) in [5, 5.41) is 0.998. The zero-order chi connectivity index (χ0) is 22.2. The normalized spacial score (nSPS) is 22.8. The number of carbonyl (C=O) groups is 2. The standard InChI is InChI=1S/C23H24BrN3O3S2/c24-16-5-6-19-18(11-16)15(12-26(19)14-21(28)25-7-1-2-8-25)10-20-22(29)27(23(31)32-20)13-17-4-3-9-30-17/h5-6,10-12,17H,1-4,7-9,13-14H2/b20-10-/t17-/m0/s1. The number of halogens is 1. The molecule has 1 aromatic carbocycles. The molecular formula is C23H24BrN3O3S2. The van der Waals surface area contributed by atoms with Crippen LogP contribution in [0.2, 0.25) is 0 Å². The molecule has 0 bridgehead atoms. The van der Waals surface area contributed by atoms with E-state index in [0.29, 0.717) is 22.3 Å². The van der Waals surface area contributed by atoms with Crippen LogP contribution in [-0.2, 0) is 20.9 Å². The van der Waals surface area contributed by atoms with Crippen LogP contribution in [0.3, 0.4) is 0 Å². The van der Waals surface area contributed by atoms with Gasteiger partial charge in [-0.1, -0.05) is 39.9 Å². The molecule has 3 aliphatic rings. The van der Waals surface area contributed by atoms with Crippen molar-refractivity contribution in [2.75, 3.05) is 26.2 Å². The Kier molecular flexibility index (Phi) is 6.42. The Morgan fingerprint density at radius 3 is 2.84 bits per heavy atom. The van der Waals surface area contributed by atoms with Crippen molar-refractivity contribution in [1.82, 2.24) is 14.4 Å². The molecule has 1 atom stereocenters. The summed E-state index contributed by atoms with van der Waals surface area (Å²) >= 11 is 10.4. The Balaban J connectivity index is 1.43. The predicted octanol–water partition coefficient (Wildman–Crippen LogP) is 4.41. The van der Waals surface area contributed by atoms with E-state index < -0.39 is 0 Å². The number of aromatic nitrogens is 1. The molecule has 0 spiro atoms. The number of hydrogen-bond acceptors (Lipinski definition) is 5. The molecule has 0 N–H and O–H groups in total. The number of benzene rings is 1. The van der Waals surface area contributed by atoms with Crippen LogP contribution in [0.4, 0.5) is 0 Å². The van der Waals surface area contributed by atoms with E-state index in [1.807, 2.05) is 39.9 Å². The molecular weight excluding hydrogens is 510 g/mol. The van der Waals surface area contributed by atoms with Gasteiger partial charge in [0, 0.05) is 46.8 Å². The smallest absolute Gasteiger partial charge is 0.266 e. The number of nitrogens with zero attached hydrogens (tertiary/aromatic N) is 3. The monoisotopic (exact) mass is 533 g/mol. The molecule has 0 saturated carbocycles. The minimum Gasteiger partial charge on any atom is -0.376 e. The van der Waals surface area contributed by atoms with E-state index in [0.717, 1.165) is 66.3 Å². The Morgan fingerprint density at radius 1 is 1.28 bits per heavy atom. The van der Waals surface area contributed by atoms with Crippen molar-refractivity contribution in [3.63, 3.8) is 0 Å². The summed E-state index contributed by atoms with van der Waals surface area (Å²) in [7, 11) is 0. The van der Waals surface area contributed by atoms with E-state index in [1.165, 1.54) is 11.8 Å². The van der Waals surface area contributed by atoms with E-state index in [-0.39, 0.29) is 17.9 Å². The van der Waals surface area contributed by atoms with Gasteiger partial charge in [0.15, 0.2) is 0 Å². The summed E-state index contributed by atoms with van der Waals surface area (Å²) in [5.41, 5.74) is 1.88. The molecule has 32 heavy (non-hydrogen) atoms. The first kappa shape index (κ1) is 22.1. The Hall–Kier alpha value is -1.68. The van der Waals surface area contributed by atoms with Crippen LogP contribution < -0.4 is 0 Å². The summed E-state index contributed by atoms with van der Waals surface area (Å²) in [5.74, 6) is 0.0660. The first-order chi connectivity index (χ1) is 15.5. The van der Waals surface area contributed by atoms with Crippen molar-refractivity contribution >= 4 is 73.0 Å². The molecule has 3 saturated heterocycles. The van der Waals surface area contributed by atoms with Crippen molar-refractivity contribution in [3.8, 4) is 0 Å². The summed E-state index contributed by atoms with van der Waals surface area (Å²) in [6.45, 7) is 3.23. The highest BCUT2D eigenvalue weighted by atomic mass is 79.9. The van der Waals surface area contributed by atoms with Gasteiger partial charge in [-0.2, -0.15) is 0 Å². The van der Waals surface area contributed by atoms with Crippen LogP contribution >= 0.6 is 39.9 Å². The second-order valence-corrected chi connectivity index (χ2v) is 11.0. The van der Waals surface area contributed by atoms with Crippen LogP contribution in [0, 0.1) is 0 Å². The van der Waals surface area contributed by atoms with Crippen molar-refractivity contribution in [3.05, 3.63) is 39.3 Å². The quantitative estimate of drug-likeness (QED) is 0.421. The van der Waals surface area contributed by atoms with Crippen molar-refractivity contribution in [2.24, 2.45) is 0 Å².